The summed E-state index contributed by atoms with van der Waals surface area (Å²) in [5.41, 5.74) is 3.18. The van der Waals surface area contributed by atoms with Crippen LogP contribution in [0.4, 0.5) is 5.82 Å². The Bertz CT molecular complexity index is 848. The van der Waals surface area contributed by atoms with Gasteiger partial charge in [-0.05, 0) is 30.2 Å². The summed E-state index contributed by atoms with van der Waals surface area (Å²) in [4.78, 5) is 16.4. The topological polar surface area (TPSA) is 61.1 Å². The number of ether oxygens (including phenoxy) is 1. The van der Waals surface area contributed by atoms with Crippen molar-refractivity contribution in [3.8, 4) is 16.9 Å². The summed E-state index contributed by atoms with van der Waals surface area (Å²) >= 11 is 0. The van der Waals surface area contributed by atoms with Crippen molar-refractivity contribution in [3.63, 3.8) is 0 Å². The summed E-state index contributed by atoms with van der Waals surface area (Å²) in [6, 6.07) is 7.85. The summed E-state index contributed by atoms with van der Waals surface area (Å²) in [5, 5.41) is 3.05. The van der Waals surface area contributed by atoms with Gasteiger partial charge in [0, 0.05) is 44.2 Å². The highest BCUT2D eigenvalue weighted by molar-refractivity contribution is 5.95. The van der Waals surface area contributed by atoms with Crippen LogP contribution < -0.4 is 10.1 Å². The van der Waals surface area contributed by atoms with Crippen LogP contribution in [0.5, 0.6) is 5.75 Å². The van der Waals surface area contributed by atoms with Crippen molar-refractivity contribution < 1.29 is 9.53 Å². The van der Waals surface area contributed by atoms with E-state index < -0.39 is 0 Å². The maximum absolute atomic E-state index is 12.4. The van der Waals surface area contributed by atoms with Crippen LogP contribution in [0.25, 0.3) is 11.1 Å². The second-order valence-corrected chi connectivity index (χ2v) is 5.97. The first-order chi connectivity index (χ1) is 12.1. The second-order valence-electron chi connectivity index (χ2n) is 5.97. The molecule has 6 nitrogen and oxygen atoms in total. The van der Waals surface area contributed by atoms with Crippen LogP contribution >= 0.6 is 0 Å². The second kappa shape index (κ2) is 7.25. The van der Waals surface area contributed by atoms with Gasteiger partial charge in [0.15, 0.2) is 0 Å². The van der Waals surface area contributed by atoms with Crippen LogP contribution in [-0.2, 0) is 18.4 Å². The van der Waals surface area contributed by atoms with Gasteiger partial charge in [0.2, 0.25) is 5.91 Å². The molecule has 3 aromatic rings. The highest BCUT2D eigenvalue weighted by Gasteiger charge is 2.16. The monoisotopic (exact) mass is 338 g/mol. The number of nitrogens with one attached hydrogen (secondary N) is 1. The van der Waals surface area contributed by atoms with Gasteiger partial charge in [-0.3, -0.25) is 4.79 Å². The Morgan fingerprint density at radius 2 is 2.04 bits per heavy atom. The number of imidazole rings is 1. The standard InChI is InChI=1S/C19H22N4O2/c1-14-12-22(2)19(18(14)15-4-6-16(25-3)7-5-15)21-17(24)8-10-23-11-9-20-13-23/h4-7,9,11-13H,8,10H2,1-3H3,(H,21,24). The van der Waals surface area contributed by atoms with Gasteiger partial charge in [-0.15, -0.1) is 0 Å². The normalized spacial score (nSPS) is 10.7. The fourth-order valence-electron chi connectivity index (χ4n) is 2.90. The summed E-state index contributed by atoms with van der Waals surface area (Å²) < 4.78 is 9.06. The molecule has 0 unspecified atom stereocenters. The number of hydrogen-bond acceptors (Lipinski definition) is 3. The van der Waals surface area contributed by atoms with Crippen LogP contribution in [0, 0.1) is 6.92 Å². The van der Waals surface area contributed by atoms with Crippen LogP contribution in [0.2, 0.25) is 0 Å². The predicted molar refractivity (Wildman–Crippen MR) is 97.6 cm³/mol. The molecule has 25 heavy (non-hydrogen) atoms. The lowest BCUT2D eigenvalue weighted by Crippen LogP contribution is -2.16. The van der Waals surface area contributed by atoms with Crippen molar-refractivity contribution in [1.82, 2.24) is 14.1 Å². The Morgan fingerprint density at radius 1 is 1.28 bits per heavy atom. The maximum atomic E-state index is 12.4. The Labute approximate surface area is 147 Å². The largest absolute Gasteiger partial charge is 0.497 e. The summed E-state index contributed by atoms with van der Waals surface area (Å²) in [6.07, 6.45) is 7.68. The number of rotatable bonds is 6. The molecule has 0 atom stereocenters. The van der Waals surface area contributed by atoms with E-state index in [0.717, 1.165) is 28.3 Å². The zero-order valence-corrected chi connectivity index (χ0v) is 14.7. The van der Waals surface area contributed by atoms with Crippen molar-refractivity contribution in [2.24, 2.45) is 7.05 Å². The average molecular weight is 338 g/mol. The third-order valence-corrected chi connectivity index (χ3v) is 4.16. The van der Waals surface area contributed by atoms with Gasteiger partial charge in [0.25, 0.3) is 0 Å². The molecule has 1 N–H and O–H groups in total. The first-order valence-corrected chi connectivity index (χ1v) is 8.14. The Kier molecular flexibility index (Phi) is 4.88. The van der Waals surface area contributed by atoms with Crippen LogP contribution in [0.1, 0.15) is 12.0 Å². The Balaban J connectivity index is 1.79. The van der Waals surface area contributed by atoms with E-state index in [1.165, 1.54) is 0 Å². The van der Waals surface area contributed by atoms with E-state index in [0.29, 0.717) is 13.0 Å². The van der Waals surface area contributed by atoms with E-state index in [4.69, 9.17) is 4.74 Å². The van der Waals surface area contributed by atoms with Gasteiger partial charge in [-0.2, -0.15) is 0 Å². The first-order valence-electron chi connectivity index (χ1n) is 8.14. The van der Waals surface area contributed by atoms with E-state index in [1.54, 1.807) is 19.6 Å². The molecule has 6 heteroatoms. The molecule has 1 amide bonds. The lowest BCUT2D eigenvalue weighted by molar-refractivity contribution is -0.116. The lowest BCUT2D eigenvalue weighted by atomic mass is 10.0. The lowest BCUT2D eigenvalue weighted by Gasteiger charge is -2.11. The van der Waals surface area contributed by atoms with E-state index >= 15 is 0 Å². The predicted octanol–water partition coefficient (Wildman–Crippen LogP) is 3.23. The van der Waals surface area contributed by atoms with Crippen LogP contribution in [0.15, 0.2) is 49.2 Å². The number of nitrogens with zero attached hydrogens (tertiary/aromatic N) is 3. The molecule has 0 saturated carbocycles. The number of hydrogen-bond donors (Lipinski definition) is 1. The van der Waals surface area contributed by atoms with E-state index in [9.17, 15) is 4.79 Å². The van der Waals surface area contributed by atoms with Gasteiger partial charge in [-0.1, -0.05) is 12.1 Å². The van der Waals surface area contributed by atoms with E-state index in [2.05, 4.69) is 10.3 Å². The fourth-order valence-corrected chi connectivity index (χ4v) is 2.90. The first kappa shape index (κ1) is 16.8. The average Bonchev–Trinajstić information content (AvgIpc) is 3.22. The summed E-state index contributed by atoms with van der Waals surface area (Å²) in [7, 11) is 3.58. The molecule has 0 bridgehead atoms. The van der Waals surface area contributed by atoms with Gasteiger partial charge < -0.3 is 19.2 Å². The molecule has 3 rings (SSSR count). The summed E-state index contributed by atoms with van der Waals surface area (Å²) in [6.45, 7) is 2.65. The quantitative estimate of drug-likeness (QED) is 0.750. The number of aromatic nitrogens is 3. The number of anilines is 1. The number of amides is 1. The molecule has 0 aliphatic heterocycles. The van der Waals surface area contributed by atoms with Crippen molar-refractivity contribution in [2.75, 3.05) is 12.4 Å². The molecule has 2 aromatic heterocycles. The third kappa shape index (κ3) is 3.74. The molecule has 0 aliphatic rings. The molecule has 0 saturated heterocycles. The zero-order valence-electron chi connectivity index (χ0n) is 14.7. The molecule has 1 aromatic carbocycles. The summed E-state index contributed by atoms with van der Waals surface area (Å²) in [5.74, 6) is 1.59. The number of carbonyl (C=O) groups excluding carboxylic acids is 1. The zero-order chi connectivity index (χ0) is 17.8. The molecule has 0 fully saturated rings. The molecule has 0 radical (unpaired) electrons. The minimum Gasteiger partial charge on any atom is -0.497 e. The third-order valence-electron chi connectivity index (χ3n) is 4.16. The number of methoxy groups -OCH3 is 1. The van der Waals surface area contributed by atoms with Crippen molar-refractivity contribution in [2.45, 2.75) is 19.9 Å². The van der Waals surface area contributed by atoms with Crippen LogP contribution in [0.3, 0.4) is 0 Å². The minimum absolute atomic E-state index is 0.0235. The van der Waals surface area contributed by atoms with Gasteiger partial charge >= 0.3 is 0 Å². The SMILES string of the molecule is COc1ccc(-c2c(C)cn(C)c2NC(=O)CCn2ccnc2)cc1. The minimum atomic E-state index is -0.0235. The smallest absolute Gasteiger partial charge is 0.227 e. The Hall–Kier alpha value is -3.02. The molecule has 0 spiro atoms. The molecule has 2 heterocycles. The van der Waals surface area contributed by atoms with Gasteiger partial charge in [0.05, 0.1) is 13.4 Å². The fraction of sp³-hybridized carbons (Fsp3) is 0.263. The number of carbonyl (C=O) groups is 1. The van der Waals surface area contributed by atoms with Gasteiger partial charge in [-0.25, -0.2) is 4.98 Å². The molecule has 130 valence electrons. The van der Waals surface area contributed by atoms with Crippen molar-refractivity contribution in [1.29, 1.82) is 0 Å². The van der Waals surface area contributed by atoms with Gasteiger partial charge in [0.1, 0.15) is 11.6 Å². The van der Waals surface area contributed by atoms with Crippen molar-refractivity contribution >= 4 is 11.7 Å². The highest BCUT2D eigenvalue weighted by atomic mass is 16.5. The number of aryl methyl sites for hydroxylation is 3. The van der Waals surface area contributed by atoms with E-state index in [1.807, 2.05) is 59.8 Å². The van der Waals surface area contributed by atoms with Crippen molar-refractivity contribution in [3.05, 3.63) is 54.7 Å². The maximum Gasteiger partial charge on any atom is 0.227 e. The Morgan fingerprint density at radius 3 is 2.68 bits per heavy atom. The molecular formula is C19H22N4O2. The molecular weight excluding hydrogens is 316 g/mol. The number of benzene rings is 1. The highest BCUT2D eigenvalue weighted by Crippen LogP contribution is 2.33. The van der Waals surface area contributed by atoms with E-state index in [-0.39, 0.29) is 5.91 Å². The molecule has 0 aliphatic carbocycles. The van der Waals surface area contributed by atoms with Crippen LogP contribution in [-0.4, -0.2) is 27.1 Å².